The molecule has 0 atom stereocenters. The van der Waals surface area contributed by atoms with Gasteiger partial charge in [0.1, 0.15) is 0 Å². The van der Waals surface area contributed by atoms with Crippen molar-refractivity contribution >= 4 is 53.4 Å². The van der Waals surface area contributed by atoms with Gasteiger partial charge in [-0.15, -0.1) is 0 Å². The molecule has 0 amide bonds. The number of halogens is 2. The van der Waals surface area contributed by atoms with Crippen LogP contribution in [0, 0.1) is 0 Å². The zero-order chi connectivity index (χ0) is 17.3. The van der Waals surface area contributed by atoms with Gasteiger partial charge in [0, 0.05) is 14.4 Å². The molecular formula is C23H16Br2. The van der Waals surface area contributed by atoms with E-state index >= 15 is 0 Å². The smallest absolute Gasteiger partial charge is 0.0181 e. The molecule has 0 aromatic heterocycles. The summed E-state index contributed by atoms with van der Waals surface area (Å²) in [6.07, 6.45) is 0. The fraction of sp³-hybridized carbons (Fsp3) is 0.130. The normalized spacial score (nSPS) is 14.7. The highest BCUT2D eigenvalue weighted by Gasteiger charge is 2.35. The van der Waals surface area contributed by atoms with E-state index in [1.54, 1.807) is 0 Å². The van der Waals surface area contributed by atoms with Crippen molar-refractivity contribution in [1.82, 2.24) is 0 Å². The highest BCUT2D eigenvalue weighted by Crippen LogP contribution is 2.50. The summed E-state index contributed by atoms with van der Waals surface area (Å²) < 4.78 is 2.27. The minimum atomic E-state index is 0.0227. The van der Waals surface area contributed by atoms with Crippen LogP contribution in [-0.4, -0.2) is 0 Å². The van der Waals surface area contributed by atoms with Crippen LogP contribution in [0.15, 0.2) is 69.6 Å². The van der Waals surface area contributed by atoms with Crippen LogP contribution >= 0.6 is 31.9 Å². The van der Waals surface area contributed by atoms with E-state index in [0.717, 1.165) is 8.95 Å². The molecule has 4 aromatic rings. The van der Waals surface area contributed by atoms with Crippen molar-refractivity contribution in [2.75, 3.05) is 0 Å². The topological polar surface area (TPSA) is 0 Å². The maximum atomic E-state index is 3.64. The van der Waals surface area contributed by atoms with Gasteiger partial charge in [-0.2, -0.15) is 0 Å². The lowest BCUT2D eigenvalue weighted by Gasteiger charge is -2.22. The number of hydrogen-bond donors (Lipinski definition) is 0. The van der Waals surface area contributed by atoms with Gasteiger partial charge >= 0.3 is 0 Å². The molecule has 122 valence electrons. The molecule has 0 radical (unpaired) electrons. The van der Waals surface area contributed by atoms with E-state index in [2.05, 4.69) is 106 Å². The highest BCUT2D eigenvalue weighted by molar-refractivity contribution is 9.10. The van der Waals surface area contributed by atoms with Gasteiger partial charge in [0.15, 0.2) is 0 Å². The molecule has 0 unspecified atom stereocenters. The van der Waals surface area contributed by atoms with E-state index in [9.17, 15) is 0 Å². The average Bonchev–Trinajstić information content (AvgIpc) is 2.78. The molecule has 5 rings (SSSR count). The predicted molar refractivity (Wildman–Crippen MR) is 114 cm³/mol. The largest absolute Gasteiger partial charge is 0.0532 e. The Morgan fingerprint density at radius 3 is 2.00 bits per heavy atom. The molecule has 0 nitrogen and oxygen atoms in total. The molecule has 0 heterocycles. The molecule has 4 aromatic carbocycles. The van der Waals surface area contributed by atoms with E-state index in [1.165, 1.54) is 43.8 Å². The highest BCUT2D eigenvalue weighted by atomic mass is 79.9. The van der Waals surface area contributed by atoms with Gasteiger partial charge in [-0.3, -0.25) is 0 Å². The van der Waals surface area contributed by atoms with Crippen LogP contribution in [0.5, 0.6) is 0 Å². The Hall–Kier alpha value is -1.64. The monoisotopic (exact) mass is 450 g/mol. The van der Waals surface area contributed by atoms with Gasteiger partial charge in [-0.1, -0.05) is 57.8 Å². The molecule has 0 spiro atoms. The summed E-state index contributed by atoms with van der Waals surface area (Å²) in [4.78, 5) is 0. The quantitative estimate of drug-likeness (QED) is 0.239. The predicted octanol–water partition coefficient (Wildman–Crippen LogP) is 7.82. The Labute approximate surface area is 164 Å². The van der Waals surface area contributed by atoms with E-state index in [1.807, 2.05) is 0 Å². The van der Waals surface area contributed by atoms with Crippen molar-refractivity contribution in [2.24, 2.45) is 0 Å². The number of benzene rings is 4. The third-order valence-electron chi connectivity index (χ3n) is 5.51. The SMILES string of the molecule is CC1(C)c2cc(Br)ccc2-c2cc3cc4ccc(Br)cc4cc3cc21. The van der Waals surface area contributed by atoms with Crippen molar-refractivity contribution < 1.29 is 0 Å². The summed E-state index contributed by atoms with van der Waals surface area (Å²) in [5.74, 6) is 0. The first-order chi connectivity index (χ1) is 11.9. The Bertz CT molecular complexity index is 1190. The molecule has 0 bridgehead atoms. The summed E-state index contributed by atoms with van der Waals surface area (Å²) in [6.45, 7) is 4.65. The maximum absolute atomic E-state index is 3.64. The summed E-state index contributed by atoms with van der Waals surface area (Å²) in [6, 6.07) is 22.5. The summed E-state index contributed by atoms with van der Waals surface area (Å²) >= 11 is 7.22. The summed E-state index contributed by atoms with van der Waals surface area (Å²) in [5.41, 5.74) is 5.58. The minimum Gasteiger partial charge on any atom is -0.0532 e. The van der Waals surface area contributed by atoms with Gasteiger partial charge in [0.25, 0.3) is 0 Å². The van der Waals surface area contributed by atoms with E-state index in [0.29, 0.717) is 0 Å². The van der Waals surface area contributed by atoms with Crippen LogP contribution < -0.4 is 0 Å². The first-order valence-corrected chi connectivity index (χ1v) is 10.00. The van der Waals surface area contributed by atoms with Crippen LogP contribution in [-0.2, 0) is 5.41 Å². The van der Waals surface area contributed by atoms with Gasteiger partial charge in [0.05, 0.1) is 0 Å². The Balaban J connectivity index is 1.86. The second-order valence-electron chi connectivity index (χ2n) is 7.40. The standard InChI is InChI=1S/C23H16Br2/c1-23(2)21-11-16-8-14-9-17(24)4-3-13(14)7-15(16)10-20(21)19-6-5-18(25)12-22(19)23/h3-12H,1-2H3. The van der Waals surface area contributed by atoms with Crippen LogP contribution in [0.25, 0.3) is 32.7 Å². The van der Waals surface area contributed by atoms with Crippen LogP contribution in [0.1, 0.15) is 25.0 Å². The molecule has 0 saturated heterocycles. The molecular weight excluding hydrogens is 436 g/mol. The zero-order valence-electron chi connectivity index (χ0n) is 14.0. The van der Waals surface area contributed by atoms with E-state index in [-0.39, 0.29) is 5.41 Å². The van der Waals surface area contributed by atoms with Gasteiger partial charge in [-0.05, 0) is 92.3 Å². The maximum Gasteiger partial charge on any atom is 0.0181 e. The average molecular weight is 452 g/mol. The van der Waals surface area contributed by atoms with Crippen molar-refractivity contribution in [1.29, 1.82) is 0 Å². The molecule has 25 heavy (non-hydrogen) atoms. The van der Waals surface area contributed by atoms with Crippen molar-refractivity contribution in [3.05, 3.63) is 80.7 Å². The van der Waals surface area contributed by atoms with Crippen LogP contribution in [0.3, 0.4) is 0 Å². The second kappa shape index (κ2) is 5.18. The summed E-state index contributed by atoms with van der Waals surface area (Å²) in [5, 5.41) is 5.17. The fourth-order valence-corrected chi connectivity index (χ4v) is 4.91. The fourth-order valence-electron chi connectivity index (χ4n) is 4.17. The lowest BCUT2D eigenvalue weighted by Crippen LogP contribution is -2.14. The molecule has 0 saturated carbocycles. The second-order valence-corrected chi connectivity index (χ2v) is 9.23. The third kappa shape index (κ3) is 2.24. The third-order valence-corrected chi connectivity index (χ3v) is 6.50. The Kier molecular flexibility index (Phi) is 3.24. The molecule has 0 aliphatic heterocycles. The number of fused-ring (bicyclic) bond motifs is 5. The van der Waals surface area contributed by atoms with E-state index < -0.39 is 0 Å². The van der Waals surface area contributed by atoms with Gasteiger partial charge in [-0.25, -0.2) is 0 Å². The van der Waals surface area contributed by atoms with Gasteiger partial charge in [0.2, 0.25) is 0 Å². The first-order valence-electron chi connectivity index (χ1n) is 8.41. The number of hydrogen-bond acceptors (Lipinski definition) is 0. The Morgan fingerprint density at radius 1 is 0.560 bits per heavy atom. The zero-order valence-corrected chi connectivity index (χ0v) is 17.2. The lowest BCUT2D eigenvalue weighted by molar-refractivity contribution is 0.661. The van der Waals surface area contributed by atoms with Crippen LogP contribution in [0.2, 0.25) is 0 Å². The molecule has 0 fully saturated rings. The van der Waals surface area contributed by atoms with Crippen LogP contribution in [0.4, 0.5) is 0 Å². The molecule has 1 aliphatic carbocycles. The van der Waals surface area contributed by atoms with Gasteiger partial charge < -0.3 is 0 Å². The minimum absolute atomic E-state index is 0.0227. The Morgan fingerprint density at radius 2 is 1.16 bits per heavy atom. The molecule has 0 N–H and O–H groups in total. The first kappa shape index (κ1) is 15.6. The molecule has 1 aliphatic rings. The van der Waals surface area contributed by atoms with Crippen molar-refractivity contribution in [3.8, 4) is 11.1 Å². The van der Waals surface area contributed by atoms with E-state index in [4.69, 9.17) is 0 Å². The molecule has 2 heteroatoms. The van der Waals surface area contributed by atoms with Crippen molar-refractivity contribution in [2.45, 2.75) is 19.3 Å². The van der Waals surface area contributed by atoms with Crippen molar-refractivity contribution in [3.63, 3.8) is 0 Å². The lowest BCUT2D eigenvalue weighted by atomic mass is 9.82. The number of rotatable bonds is 0. The summed E-state index contributed by atoms with van der Waals surface area (Å²) in [7, 11) is 0.